The minimum Gasteiger partial charge on any atom is -0.657 e. The van der Waals surface area contributed by atoms with Crippen LogP contribution in [-0.2, 0) is 19.5 Å². The van der Waals surface area contributed by atoms with Gasteiger partial charge in [0.2, 0.25) is 0 Å². The molecule has 0 radical (unpaired) electrons. The molecule has 0 N–H and O–H groups in total. The molecule has 186 valence electrons. The molecule has 5 heterocycles. The molecule has 2 aliphatic rings. The molecule has 0 amide bonds. The molecule has 41 heavy (non-hydrogen) atoms. The van der Waals surface area contributed by atoms with Crippen molar-refractivity contribution in [3.63, 3.8) is 0 Å². The molecule has 7 rings (SSSR count). The van der Waals surface area contributed by atoms with Crippen molar-refractivity contribution < 1.29 is 19.5 Å². The van der Waals surface area contributed by atoms with Gasteiger partial charge in [0.05, 0.1) is 22.8 Å². The van der Waals surface area contributed by atoms with Gasteiger partial charge in [-0.2, -0.15) is 0 Å². The maximum absolute atomic E-state index is 5.59. The molecule has 5 heteroatoms. The third-order valence-corrected chi connectivity index (χ3v) is 6.94. The fourth-order valence-electron chi connectivity index (χ4n) is 5.01. The molecule has 4 nitrogen and oxygen atoms in total. The van der Waals surface area contributed by atoms with Crippen LogP contribution in [0.2, 0.25) is 0 Å². The third-order valence-electron chi connectivity index (χ3n) is 6.94. The maximum Gasteiger partial charge on any atom is 2.00 e. The molecule has 3 aromatic heterocycles. The van der Waals surface area contributed by atoms with Crippen LogP contribution in [0.4, 0.5) is 0 Å². The van der Waals surface area contributed by atoms with Crippen molar-refractivity contribution in [1.82, 2.24) is 19.9 Å². The van der Waals surface area contributed by atoms with E-state index < -0.39 is 0 Å². The second kappa shape index (κ2) is 10.7. The van der Waals surface area contributed by atoms with E-state index in [4.69, 9.17) is 32.8 Å². The predicted molar refractivity (Wildman–Crippen MR) is 164 cm³/mol. The Hall–Kier alpha value is -5.22. The normalized spacial score (nSPS) is 11.5. The van der Waals surface area contributed by atoms with E-state index in [2.05, 4.69) is 11.8 Å². The molecule has 0 atom stereocenters. The van der Waals surface area contributed by atoms with Crippen molar-refractivity contribution in [2.24, 2.45) is 0 Å². The number of hydrogen-bond acceptors (Lipinski definition) is 2. The van der Waals surface area contributed by atoms with Gasteiger partial charge in [-0.15, -0.1) is 34.9 Å². The summed E-state index contributed by atoms with van der Waals surface area (Å²) in [5.74, 6) is 5.37. The van der Waals surface area contributed by atoms with E-state index >= 15 is 0 Å². The number of terminal acetylenes is 2. The van der Waals surface area contributed by atoms with Crippen LogP contribution in [0, 0.1) is 24.7 Å². The van der Waals surface area contributed by atoms with Gasteiger partial charge in [0.1, 0.15) is 0 Å². The monoisotopic (exact) mass is 572 g/mol. The Balaban J connectivity index is 0.00000302. The Morgan fingerprint density at radius 1 is 0.512 bits per heavy atom. The van der Waals surface area contributed by atoms with Gasteiger partial charge in [-0.3, -0.25) is 0 Å². The van der Waals surface area contributed by atoms with Gasteiger partial charge in [0.15, 0.2) is 0 Å². The quantitative estimate of drug-likeness (QED) is 0.162. The predicted octanol–water partition coefficient (Wildman–Crippen LogP) is 7.21. The summed E-state index contributed by atoms with van der Waals surface area (Å²) in [5, 5.41) is 0. The van der Waals surface area contributed by atoms with Crippen LogP contribution in [0.1, 0.15) is 33.9 Å². The fourth-order valence-corrected chi connectivity index (χ4v) is 5.01. The number of fused-ring (bicyclic) bond motifs is 8. The van der Waals surface area contributed by atoms with E-state index in [-0.39, 0.29) is 19.5 Å². The Labute approximate surface area is 250 Å². The number of aromatic nitrogens is 4. The molecule has 2 aromatic carbocycles. The summed E-state index contributed by atoms with van der Waals surface area (Å²) in [6, 6.07) is 27.8. The summed E-state index contributed by atoms with van der Waals surface area (Å²) in [5.41, 5.74) is 12.1. The Bertz CT molecular complexity index is 1960. The molecular weight excluding hydrogens is 554 g/mol. The van der Waals surface area contributed by atoms with E-state index in [1.54, 1.807) is 0 Å². The van der Waals surface area contributed by atoms with E-state index in [0.717, 1.165) is 78.2 Å². The van der Waals surface area contributed by atoms with Gasteiger partial charge < -0.3 is 9.97 Å². The van der Waals surface area contributed by atoms with Gasteiger partial charge in [-0.1, -0.05) is 72.5 Å². The molecule has 0 unspecified atom stereocenters. The molecule has 2 aliphatic heterocycles. The second-order valence-corrected chi connectivity index (χ2v) is 9.50. The largest absolute Gasteiger partial charge is 2.00 e. The molecule has 0 saturated heterocycles. The van der Waals surface area contributed by atoms with Crippen LogP contribution in [0.5, 0.6) is 0 Å². The number of hydrogen-bond donors (Lipinski definition) is 0. The van der Waals surface area contributed by atoms with E-state index in [9.17, 15) is 0 Å². The van der Waals surface area contributed by atoms with Crippen molar-refractivity contribution in [1.29, 1.82) is 0 Å². The standard InChI is InChI=1S/C36H20N4.Zn/c1-3-23-5-9-25(10-6-23)35-31-17-13-27(37-31)21-29-15-19-33(39-29)36(26-11-7-24(4-2)8-12-26)34-20-16-30(40-34)22-28-14-18-32(35)38-28;/h1-2,5-22H;/q-2;+2. The van der Waals surface area contributed by atoms with Crippen molar-refractivity contribution in [3.8, 4) is 46.9 Å². The van der Waals surface area contributed by atoms with Crippen LogP contribution in [0.15, 0.2) is 84.9 Å². The SMILES string of the molecule is C#Cc1ccc(-c2c3nc(cc4ccc([n-]4)c(-c4ccc(C#C)cc4)c4nc(cc5ccc2[n-]5)C=C4)C=C3)cc1.[Zn+2]. The van der Waals surface area contributed by atoms with Gasteiger partial charge >= 0.3 is 19.5 Å². The van der Waals surface area contributed by atoms with Crippen LogP contribution in [0.25, 0.3) is 68.6 Å². The first kappa shape index (κ1) is 26.0. The topological polar surface area (TPSA) is 54.0 Å². The molecule has 0 aliphatic carbocycles. The summed E-state index contributed by atoms with van der Waals surface area (Å²) in [4.78, 5) is 19.8. The number of benzene rings is 2. The summed E-state index contributed by atoms with van der Waals surface area (Å²) < 4.78 is 0. The van der Waals surface area contributed by atoms with Crippen molar-refractivity contribution in [2.45, 2.75) is 0 Å². The van der Waals surface area contributed by atoms with Crippen molar-refractivity contribution in [2.75, 3.05) is 0 Å². The molecular formula is C36H20N4Zn. The first-order chi connectivity index (χ1) is 19.7. The molecule has 5 aromatic rings. The van der Waals surface area contributed by atoms with Crippen molar-refractivity contribution in [3.05, 3.63) is 119 Å². The molecule has 0 saturated carbocycles. The van der Waals surface area contributed by atoms with Crippen LogP contribution in [0.3, 0.4) is 0 Å². The zero-order chi connectivity index (χ0) is 27.1. The summed E-state index contributed by atoms with van der Waals surface area (Å²) >= 11 is 0. The molecule has 0 spiro atoms. The fraction of sp³-hybridized carbons (Fsp3) is 0. The summed E-state index contributed by atoms with van der Waals surface area (Å²) in [6.45, 7) is 0. The average molecular weight is 574 g/mol. The first-order valence-electron chi connectivity index (χ1n) is 12.8. The summed E-state index contributed by atoms with van der Waals surface area (Å²) in [7, 11) is 0. The van der Waals surface area contributed by atoms with Crippen LogP contribution >= 0.6 is 0 Å². The molecule has 0 fully saturated rings. The van der Waals surface area contributed by atoms with Crippen LogP contribution in [-0.4, -0.2) is 9.97 Å². The first-order valence-corrected chi connectivity index (χ1v) is 12.8. The Kier molecular flexibility index (Phi) is 6.82. The Morgan fingerprint density at radius 2 is 0.927 bits per heavy atom. The second-order valence-electron chi connectivity index (χ2n) is 9.50. The summed E-state index contributed by atoms with van der Waals surface area (Å²) in [6.07, 6.45) is 19.2. The minimum atomic E-state index is 0. The minimum absolute atomic E-state index is 0. The van der Waals surface area contributed by atoms with E-state index in [1.807, 2.05) is 109 Å². The average Bonchev–Trinajstić information content (AvgIpc) is 3.80. The van der Waals surface area contributed by atoms with Gasteiger partial charge in [-0.25, -0.2) is 9.97 Å². The van der Waals surface area contributed by atoms with Gasteiger partial charge in [0, 0.05) is 11.1 Å². The zero-order valence-corrected chi connectivity index (χ0v) is 25.0. The number of nitrogens with zero attached hydrogens (tertiary/aromatic N) is 4. The zero-order valence-electron chi connectivity index (χ0n) is 22.0. The van der Waals surface area contributed by atoms with Gasteiger partial charge in [-0.05, 0) is 70.8 Å². The maximum atomic E-state index is 5.59. The van der Waals surface area contributed by atoms with E-state index in [1.165, 1.54) is 0 Å². The van der Waals surface area contributed by atoms with E-state index in [0.29, 0.717) is 0 Å². The number of rotatable bonds is 2. The Morgan fingerprint density at radius 3 is 1.32 bits per heavy atom. The molecule has 8 bridgehead atoms. The third kappa shape index (κ3) is 4.96. The van der Waals surface area contributed by atoms with Gasteiger partial charge in [0.25, 0.3) is 0 Å². The van der Waals surface area contributed by atoms with Crippen molar-refractivity contribution >= 4 is 46.4 Å². The van der Waals surface area contributed by atoms with Crippen LogP contribution < -0.4 is 9.97 Å². The smallest absolute Gasteiger partial charge is 0.657 e.